The van der Waals surface area contributed by atoms with Gasteiger partial charge in [-0.3, -0.25) is 14.5 Å². The number of rotatable bonds is 9. The Labute approximate surface area is 228 Å². The number of carbonyl (C=O) groups excluding carboxylic acids is 3. The van der Waals surface area contributed by atoms with Crippen LogP contribution in [-0.4, -0.2) is 44.4 Å². The molecule has 0 saturated carbocycles. The van der Waals surface area contributed by atoms with Crippen molar-refractivity contribution in [1.82, 2.24) is 4.90 Å². The van der Waals surface area contributed by atoms with Crippen LogP contribution in [0.3, 0.4) is 0 Å². The van der Waals surface area contributed by atoms with Gasteiger partial charge >= 0.3 is 5.97 Å². The van der Waals surface area contributed by atoms with Crippen molar-refractivity contribution in [2.45, 2.75) is 37.4 Å². The average molecular weight is 551 g/mol. The van der Waals surface area contributed by atoms with Crippen molar-refractivity contribution in [3.05, 3.63) is 114 Å². The van der Waals surface area contributed by atoms with Crippen LogP contribution in [0.5, 0.6) is 0 Å². The van der Waals surface area contributed by atoms with Gasteiger partial charge in [-0.25, -0.2) is 9.00 Å². The fourth-order valence-corrected chi connectivity index (χ4v) is 6.01. The van der Waals surface area contributed by atoms with Crippen LogP contribution in [0.1, 0.15) is 31.1 Å². The Bertz CT molecular complexity index is 1310. The topological polar surface area (TPSA) is 84.0 Å². The zero-order valence-electron chi connectivity index (χ0n) is 20.9. The maximum absolute atomic E-state index is 13.7. The minimum absolute atomic E-state index is 0.308. The van der Waals surface area contributed by atoms with Crippen molar-refractivity contribution >= 4 is 44.2 Å². The lowest BCUT2D eigenvalue weighted by Crippen LogP contribution is -2.75. The fraction of sp³-hybridized carbons (Fsp3) is 0.207. The molecule has 0 radical (unpaired) electrons. The molecule has 0 aliphatic carbocycles. The Hall–Kier alpha value is -3.75. The van der Waals surface area contributed by atoms with Gasteiger partial charge in [-0.2, -0.15) is 0 Å². The molecular formula is C29H27ClN2O5S. The molecule has 196 valence electrons. The van der Waals surface area contributed by atoms with Gasteiger partial charge in [0, 0.05) is 12.6 Å². The molecule has 9 heteroatoms. The highest BCUT2D eigenvalue weighted by molar-refractivity contribution is 8.08. The van der Waals surface area contributed by atoms with E-state index in [4.69, 9.17) is 15.4 Å². The number of carbonyl (C=O) groups is 3. The number of amides is 2. The first-order chi connectivity index (χ1) is 18.2. The van der Waals surface area contributed by atoms with Gasteiger partial charge in [0.15, 0.2) is 17.5 Å². The third-order valence-electron chi connectivity index (χ3n) is 6.30. The largest absolute Gasteiger partial charge is 0.451 e. The summed E-state index contributed by atoms with van der Waals surface area (Å²) in [5.74, 6) is -1.75. The highest BCUT2D eigenvalue weighted by Crippen LogP contribution is 2.37. The van der Waals surface area contributed by atoms with Crippen LogP contribution in [0.15, 0.2) is 103 Å². The summed E-state index contributed by atoms with van der Waals surface area (Å²) >= 11 is 0. The molecule has 7 nitrogen and oxygen atoms in total. The van der Waals surface area contributed by atoms with E-state index in [1.807, 2.05) is 60.7 Å². The summed E-state index contributed by atoms with van der Waals surface area (Å²) in [5.41, 5.74) is 2.24. The maximum Gasteiger partial charge on any atom is 0.334 e. The van der Waals surface area contributed by atoms with E-state index < -0.39 is 51.4 Å². The molecule has 0 N–H and O–H groups in total. The van der Waals surface area contributed by atoms with Crippen LogP contribution in [-0.2, 0) is 29.1 Å². The summed E-state index contributed by atoms with van der Waals surface area (Å²) < 4.78 is 18.7. The summed E-state index contributed by atoms with van der Waals surface area (Å²) in [6, 6.07) is 24.6. The van der Waals surface area contributed by atoms with E-state index in [0.717, 1.165) is 16.0 Å². The molecule has 1 aliphatic rings. The highest BCUT2D eigenvalue weighted by Gasteiger charge is 2.59. The molecule has 1 aliphatic heterocycles. The summed E-state index contributed by atoms with van der Waals surface area (Å²) in [6.45, 7) is 6.80. The summed E-state index contributed by atoms with van der Waals surface area (Å²) in [4.78, 5) is 42.2. The smallest absolute Gasteiger partial charge is 0.334 e. The molecule has 4 unspecified atom stereocenters. The van der Waals surface area contributed by atoms with E-state index in [0.29, 0.717) is 11.3 Å². The minimum atomic E-state index is -2.12. The van der Waals surface area contributed by atoms with Gasteiger partial charge in [-0.1, -0.05) is 85.4 Å². The number of para-hydroxylation sites is 1. The molecule has 4 rings (SSSR count). The van der Waals surface area contributed by atoms with E-state index in [9.17, 15) is 18.6 Å². The maximum atomic E-state index is 13.7. The molecule has 0 bridgehead atoms. The highest BCUT2D eigenvalue weighted by atomic mass is 35.7. The van der Waals surface area contributed by atoms with Crippen molar-refractivity contribution < 1.29 is 23.3 Å². The van der Waals surface area contributed by atoms with Crippen LogP contribution in [0.25, 0.3) is 0 Å². The van der Waals surface area contributed by atoms with Gasteiger partial charge in [-0.15, -0.1) is 0 Å². The Balaban J connectivity index is 1.67. The van der Waals surface area contributed by atoms with Crippen LogP contribution >= 0.6 is 10.7 Å². The predicted molar refractivity (Wildman–Crippen MR) is 147 cm³/mol. The van der Waals surface area contributed by atoms with E-state index in [1.54, 1.807) is 37.3 Å². The molecule has 2 amide bonds. The third kappa shape index (κ3) is 5.42. The number of esters is 1. The van der Waals surface area contributed by atoms with Crippen LogP contribution < -0.4 is 4.90 Å². The Morgan fingerprint density at radius 2 is 1.39 bits per heavy atom. The lowest BCUT2D eigenvalue weighted by atomic mass is 9.97. The van der Waals surface area contributed by atoms with Crippen LogP contribution in [0.2, 0.25) is 0 Å². The predicted octanol–water partition coefficient (Wildman–Crippen LogP) is 4.76. The van der Waals surface area contributed by atoms with Crippen molar-refractivity contribution in [2.75, 3.05) is 4.90 Å². The molecule has 3 aromatic carbocycles. The monoisotopic (exact) mass is 550 g/mol. The van der Waals surface area contributed by atoms with E-state index in [2.05, 4.69) is 6.58 Å². The van der Waals surface area contributed by atoms with Gasteiger partial charge in [0.1, 0.15) is 16.1 Å². The number of benzene rings is 3. The molecule has 0 aromatic heterocycles. The standard InChI is InChI=1S/C29H27ClN2O5S/c1-19(2)24(29(35)37-26(21-13-7-4-8-14-21)22-15-9-5-10-16-22)32-27(34)25(28(32)38(30)36)31(20(3)33)23-17-11-6-12-18-23/h4-18,24-26,28H,1H2,2-3H3. The summed E-state index contributed by atoms with van der Waals surface area (Å²) in [7, 11) is 3.96. The Morgan fingerprint density at radius 1 is 0.921 bits per heavy atom. The van der Waals surface area contributed by atoms with Gasteiger partial charge in [-0.05, 0) is 46.4 Å². The average Bonchev–Trinajstić information content (AvgIpc) is 2.91. The molecule has 0 spiro atoms. The second-order valence-corrected chi connectivity index (χ2v) is 10.8. The number of β-lactam (4-membered cyclic amide) rings is 1. The van der Waals surface area contributed by atoms with Crippen molar-refractivity contribution in [2.24, 2.45) is 0 Å². The number of hydrogen-bond donors (Lipinski definition) is 0. The zero-order chi connectivity index (χ0) is 27.4. The molecule has 1 heterocycles. The van der Waals surface area contributed by atoms with Gasteiger partial charge < -0.3 is 9.64 Å². The van der Waals surface area contributed by atoms with Crippen LogP contribution in [0, 0.1) is 0 Å². The molecule has 4 atom stereocenters. The van der Waals surface area contributed by atoms with E-state index >= 15 is 0 Å². The normalized spacial score (nSPS) is 18.3. The number of ether oxygens (including phenoxy) is 1. The minimum Gasteiger partial charge on any atom is -0.451 e. The number of anilines is 1. The number of nitrogens with zero attached hydrogens (tertiary/aromatic N) is 2. The first-order valence-corrected chi connectivity index (χ1v) is 14.0. The van der Waals surface area contributed by atoms with Crippen LogP contribution in [0.4, 0.5) is 5.69 Å². The zero-order valence-corrected chi connectivity index (χ0v) is 22.5. The lowest BCUT2D eigenvalue weighted by Gasteiger charge is -2.51. The van der Waals surface area contributed by atoms with E-state index in [1.165, 1.54) is 11.8 Å². The van der Waals surface area contributed by atoms with Crippen molar-refractivity contribution in [3.63, 3.8) is 0 Å². The number of likely N-dealkylation sites (tertiary alicyclic amines) is 1. The van der Waals surface area contributed by atoms with Crippen molar-refractivity contribution in [1.29, 1.82) is 0 Å². The SMILES string of the molecule is C=C(C)C(C(=O)OC(c1ccccc1)c1ccccc1)N1C(=O)C(N(C(C)=O)c2ccccc2)C1S(=O)Cl. The number of hydrogen-bond acceptors (Lipinski definition) is 5. The number of halogens is 1. The van der Waals surface area contributed by atoms with Crippen molar-refractivity contribution in [3.8, 4) is 0 Å². The van der Waals surface area contributed by atoms with Gasteiger partial charge in [0.05, 0.1) is 0 Å². The van der Waals surface area contributed by atoms with Gasteiger partial charge in [0.25, 0.3) is 5.91 Å². The quantitative estimate of drug-likeness (QED) is 0.166. The Kier molecular flexibility index (Phi) is 8.44. The molecular weight excluding hydrogens is 524 g/mol. The molecule has 1 fully saturated rings. The van der Waals surface area contributed by atoms with Gasteiger partial charge in [0.2, 0.25) is 5.91 Å². The molecule has 3 aromatic rings. The lowest BCUT2D eigenvalue weighted by molar-refractivity contribution is -0.164. The summed E-state index contributed by atoms with van der Waals surface area (Å²) in [6.07, 6.45) is -0.753. The second-order valence-electron chi connectivity index (χ2n) is 8.94. The summed E-state index contributed by atoms with van der Waals surface area (Å²) in [5, 5.41) is -1.16. The first-order valence-electron chi connectivity index (χ1n) is 11.9. The van der Waals surface area contributed by atoms with E-state index in [-0.39, 0.29) is 0 Å². The first kappa shape index (κ1) is 27.3. The Morgan fingerprint density at radius 3 is 1.82 bits per heavy atom. The second kappa shape index (κ2) is 11.8. The molecule has 38 heavy (non-hydrogen) atoms. The third-order valence-corrected chi connectivity index (χ3v) is 7.71. The fourth-order valence-electron chi connectivity index (χ4n) is 4.62. The molecule has 1 saturated heterocycles.